The van der Waals surface area contributed by atoms with Crippen molar-refractivity contribution in [2.75, 3.05) is 5.73 Å². The molecule has 4 rings (SSSR count). The fourth-order valence-corrected chi connectivity index (χ4v) is 3.22. The normalized spacial score (nSPS) is 11.9. The fourth-order valence-electron chi connectivity index (χ4n) is 2.57. The van der Waals surface area contributed by atoms with Crippen molar-refractivity contribution in [3.05, 3.63) is 64.9 Å². The van der Waals surface area contributed by atoms with Crippen LogP contribution >= 0.6 is 11.3 Å². The lowest BCUT2D eigenvalue weighted by molar-refractivity contribution is 0.978. The van der Waals surface area contributed by atoms with Crippen LogP contribution in [0, 0.1) is 11.8 Å². The molecule has 0 aliphatic heterocycles. The minimum absolute atomic E-state index is 0.114. The van der Waals surface area contributed by atoms with Crippen molar-refractivity contribution in [2.45, 2.75) is 12.8 Å². The van der Waals surface area contributed by atoms with E-state index in [1.54, 1.807) is 17.5 Å². The Morgan fingerprint density at radius 2 is 2.16 bits per heavy atom. The summed E-state index contributed by atoms with van der Waals surface area (Å²) in [5.41, 5.74) is 8.45. The largest absolute Gasteiger partial charge is 0.368 e. The van der Waals surface area contributed by atoms with Gasteiger partial charge < -0.3 is 10.3 Å². The first kappa shape index (κ1) is 15.4. The molecule has 5 nitrogen and oxygen atoms in total. The van der Waals surface area contributed by atoms with E-state index < -0.39 is 0 Å². The molecule has 6 heteroatoms. The number of thiazole rings is 1. The highest BCUT2D eigenvalue weighted by Crippen LogP contribution is 2.20. The highest BCUT2D eigenvalue weighted by molar-refractivity contribution is 7.09. The van der Waals surface area contributed by atoms with Crippen molar-refractivity contribution in [3.8, 4) is 17.5 Å². The molecule has 0 amide bonds. The van der Waals surface area contributed by atoms with E-state index in [4.69, 9.17) is 5.73 Å². The zero-order valence-electron chi connectivity index (χ0n) is 13.5. The average molecular weight is 345 g/mol. The maximum absolute atomic E-state index is 5.72. The smallest absolute Gasteiger partial charge is 0.221 e. The monoisotopic (exact) mass is 345 g/mol. The maximum Gasteiger partial charge on any atom is 0.221 e. The van der Waals surface area contributed by atoms with Gasteiger partial charge in [-0.05, 0) is 31.2 Å². The van der Waals surface area contributed by atoms with Crippen LogP contribution in [0.15, 0.2) is 54.3 Å². The number of nitrogen functional groups attached to an aromatic ring is 1. The standard InChI is InChI=1S/C19H15N5S/c1-13(18-21-8-10-25-18)5-6-14-3-2-4-16(11-14)24-9-7-15-12-22-19(20)23-17(15)24/h2-4,7-13H,1H3,(H2,20,22,23). The molecule has 25 heavy (non-hydrogen) atoms. The first-order valence-corrected chi connectivity index (χ1v) is 8.69. The Morgan fingerprint density at radius 1 is 1.24 bits per heavy atom. The number of fused-ring (bicyclic) bond motifs is 1. The van der Waals surface area contributed by atoms with E-state index >= 15 is 0 Å². The first-order chi connectivity index (χ1) is 12.2. The molecule has 0 saturated carbocycles. The molecule has 3 heterocycles. The number of nitrogens with zero attached hydrogens (tertiary/aromatic N) is 4. The Labute approximate surface area is 149 Å². The third kappa shape index (κ3) is 3.10. The van der Waals surface area contributed by atoms with Crippen molar-refractivity contribution >= 4 is 28.3 Å². The number of nitrogens with two attached hydrogens (primary N) is 1. The Bertz CT molecular complexity index is 1090. The van der Waals surface area contributed by atoms with E-state index in [-0.39, 0.29) is 11.9 Å². The second kappa shape index (κ2) is 6.38. The molecule has 0 spiro atoms. The molecule has 0 bridgehead atoms. The summed E-state index contributed by atoms with van der Waals surface area (Å²) in [6.07, 6.45) is 5.50. The van der Waals surface area contributed by atoms with Crippen LogP contribution in [-0.2, 0) is 0 Å². The summed E-state index contributed by atoms with van der Waals surface area (Å²) in [7, 11) is 0. The van der Waals surface area contributed by atoms with Gasteiger partial charge in [-0.25, -0.2) is 9.97 Å². The molecule has 3 aromatic heterocycles. The molecule has 1 aromatic carbocycles. The summed E-state index contributed by atoms with van der Waals surface area (Å²) >= 11 is 1.63. The van der Waals surface area contributed by atoms with Gasteiger partial charge in [-0.3, -0.25) is 0 Å². The highest BCUT2D eigenvalue weighted by Gasteiger charge is 2.07. The summed E-state index contributed by atoms with van der Waals surface area (Å²) < 4.78 is 1.99. The van der Waals surface area contributed by atoms with Crippen LogP contribution in [0.3, 0.4) is 0 Å². The van der Waals surface area contributed by atoms with Crippen LogP contribution in [0.4, 0.5) is 5.95 Å². The average Bonchev–Trinajstić information content (AvgIpc) is 3.29. The van der Waals surface area contributed by atoms with Gasteiger partial charge in [0.25, 0.3) is 0 Å². The third-order valence-electron chi connectivity index (χ3n) is 3.83. The summed E-state index contributed by atoms with van der Waals surface area (Å²) in [6.45, 7) is 2.06. The van der Waals surface area contributed by atoms with Gasteiger partial charge in [-0.1, -0.05) is 17.9 Å². The van der Waals surface area contributed by atoms with Crippen LogP contribution in [0.1, 0.15) is 23.4 Å². The molecule has 0 aliphatic rings. The van der Waals surface area contributed by atoms with Gasteiger partial charge in [0, 0.05) is 40.6 Å². The quantitative estimate of drug-likeness (QED) is 0.563. The number of hydrogen-bond acceptors (Lipinski definition) is 5. The van der Waals surface area contributed by atoms with Crippen molar-refractivity contribution < 1.29 is 0 Å². The predicted molar refractivity (Wildman–Crippen MR) is 101 cm³/mol. The van der Waals surface area contributed by atoms with E-state index in [0.717, 1.165) is 27.3 Å². The van der Waals surface area contributed by atoms with Gasteiger partial charge in [-0.15, -0.1) is 11.3 Å². The fraction of sp³-hybridized carbons (Fsp3) is 0.105. The lowest BCUT2D eigenvalue weighted by Crippen LogP contribution is -1.98. The molecule has 4 aromatic rings. The zero-order chi connectivity index (χ0) is 17.2. The van der Waals surface area contributed by atoms with Crippen LogP contribution in [0.25, 0.3) is 16.7 Å². The van der Waals surface area contributed by atoms with Gasteiger partial charge in [0.2, 0.25) is 5.95 Å². The number of benzene rings is 1. The number of hydrogen-bond donors (Lipinski definition) is 1. The molecular formula is C19H15N5S. The van der Waals surface area contributed by atoms with Gasteiger partial charge in [0.05, 0.1) is 5.92 Å². The summed E-state index contributed by atoms with van der Waals surface area (Å²) in [6, 6.07) is 10.0. The van der Waals surface area contributed by atoms with Crippen LogP contribution < -0.4 is 5.73 Å². The molecule has 1 atom stereocenters. The third-order valence-corrected chi connectivity index (χ3v) is 4.78. The predicted octanol–water partition coefficient (Wildman–Crippen LogP) is 3.61. The van der Waals surface area contributed by atoms with Crippen molar-refractivity contribution in [1.29, 1.82) is 0 Å². The van der Waals surface area contributed by atoms with Gasteiger partial charge in [0.1, 0.15) is 10.7 Å². The Kier molecular flexibility index (Phi) is 3.92. The Morgan fingerprint density at radius 3 is 3.00 bits per heavy atom. The number of aromatic nitrogens is 4. The molecule has 0 aliphatic carbocycles. The molecule has 122 valence electrons. The van der Waals surface area contributed by atoms with Crippen LogP contribution in [-0.4, -0.2) is 19.5 Å². The van der Waals surface area contributed by atoms with E-state index in [9.17, 15) is 0 Å². The van der Waals surface area contributed by atoms with E-state index in [1.807, 2.05) is 52.7 Å². The van der Waals surface area contributed by atoms with E-state index in [1.165, 1.54) is 0 Å². The van der Waals surface area contributed by atoms with Gasteiger partial charge in [0.15, 0.2) is 0 Å². The number of rotatable bonds is 2. The second-order valence-corrected chi connectivity index (χ2v) is 6.53. The zero-order valence-corrected chi connectivity index (χ0v) is 14.4. The lowest BCUT2D eigenvalue weighted by atomic mass is 10.1. The molecule has 0 radical (unpaired) electrons. The topological polar surface area (TPSA) is 69.6 Å². The first-order valence-electron chi connectivity index (χ1n) is 7.81. The minimum atomic E-state index is 0.114. The molecule has 1 unspecified atom stereocenters. The summed E-state index contributed by atoms with van der Waals surface area (Å²) in [4.78, 5) is 12.7. The van der Waals surface area contributed by atoms with Crippen molar-refractivity contribution in [1.82, 2.24) is 19.5 Å². The second-order valence-electron chi connectivity index (χ2n) is 5.60. The summed E-state index contributed by atoms with van der Waals surface area (Å²) in [5.74, 6) is 6.88. The van der Waals surface area contributed by atoms with E-state index in [0.29, 0.717) is 0 Å². The molecule has 0 saturated heterocycles. The maximum atomic E-state index is 5.72. The minimum Gasteiger partial charge on any atom is -0.368 e. The Balaban J connectivity index is 1.69. The van der Waals surface area contributed by atoms with Crippen LogP contribution in [0.2, 0.25) is 0 Å². The Hall–Kier alpha value is -3.17. The van der Waals surface area contributed by atoms with E-state index in [2.05, 4.69) is 33.7 Å². The SMILES string of the molecule is CC(C#Cc1cccc(-n2ccc3cnc(N)nc32)c1)c1nccs1. The lowest BCUT2D eigenvalue weighted by Gasteiger charge is -2.05. The highest BCUT2D eigenvalue weighted by atomic mass is 32.1. The summed E-state index contributed by atoms with van der Waals surface area (Å²) in [5, 5.41) is 3.95. The molecular weight excluding hydrogens is 330 g/mol. The van der Waals surface area contributed by atoms with Gasteiger partial charge in [-0.2, -0.15) is 4.98 Å². The number of anilines is 1. The van der Waals surface area contributed by atoms with Gasteiger partial charge >= 0.3 is 0 Å². The molecule has 0 fully saturated rings. The van der Waals surface area contributed by atoms with Crippen LogP contribution in [0.5, 0.6) is 0 Å². The molecule has 2 N–H and O–H groups in total. The van der Waals surface area contributed by atoms with Crippen molar-refractivity contribution in [3.63, 3.8) is 0 Å². The van der Waals surface area contributed by atoms with Crippen molar-refractivity contribution in [2.24, 2.45) is 0 Å².